The quantitative estimate of drug-likeness (QED) is 0.773. The Hall–Kier alpha value is -1.97. The lowest BCUT2D eigenvalue weighted by molar-refractivity contribution is 0.0972. The highest BCUT2D eigenvalue weighted by atomic mass is 19.1. The number of Topliss-reactive ketones (excluding diaryl/α,β-unsaturated/α-hetero) is 1. The standard InChI is InChI=1S/C14H13FN2O/c1-9-5-6-11(15)13(7-9)17-12-3-2-4-14(18)10(12)8-16-17/h5-8H,2-4H2,1H3. The third kappa shape index (κ3) is 1.65. The third-order valence-electron chi connectivity index (χ3n) is 3.32. The van der Waals surface area contributed by atoms with E-state index in [0.717, 1.165) is 24.1 Å². The first-order valence-corrected chi connectivity index (χ1v) is 6.03. The zero-order chi connectivity index (χ0) is 12.7. The maximum atomic E-state index is 13.9. The summed E-state index contributed by atoms with van der Waals surface area (Å²) < 4.78 is 15.4. The van der Waals surface area contributed by atoms with Gasteiger partial charge in [-0.15, -0.1) is 0 Å². The first kappa shape index (κ1) is 11.1. The van der Waals surface area contributed by atoms with Gasteiger partial charge >= 0.3 is 0 Å². The molecule has 0 radical (unpaired) electrons. The Morgan fingerprint density at radius 1 is 1.33 bits per heavy atom. The van der Waals surface area contributed by atoms with E-state index >= 15 is 0 Å². The molecular weight excluding hydrogens is 231 g/mol. The van der Waals surface area contributed by atoms with Gasteiger partial charge in [-0.25, -0.2) is 9.07 Å². The van der Waals surface area contributed by atoms with Gasteiger partial charge in [0.15, 0.2) is 5.78 Å². The maximum absolute atomic E-state index is 13.9. The average molecular weight is 244 g/mol. The van der Waals surface area contributed by atoms with Gasteiger partial charge < -0.3 is 0 Å². The van der Waals surface area contributed by atoms with Crippen LogP contribution < -0.4 is 0 Å². The molecule has 0 amide bonds. The van der Waals surface area contributed by atoms with E-state index < -0.39 is 0 Å². The number of aromatic nitrogens is 2. The Morgan fingerprint density at radius 3 is 3.00 bits per heavy atom. The summed E-state index contributed by atoms with van der Waals surface area (Å²) in [5.74, 6) is -0.208. The molecule has 1 aromatic heterocycles. The van der Waals surface area contributed by atoms with Crippen LogP contribution in [-0.4, -0.2) is 15.6 Å². The molecule has 0 atom stereocenters. The first-order chi connectivity index (χ1) is 8.66. The molecule has 0 saturated heterocycles. The summed E-state index contributed by atoms with van der Waals surface area (Å²) in [5, 5.41) is 4.18. The molecule has 2 aromatic rings. The van der Waals surface area contributed by atoms with E-state index in [2.05, 4.69) is 5.10 Å². The molecule has 0 aliphatic heterocycles. The molecule has 1 aliphatic carbocycles. The summed E-state index contributed by atoms with van der Waals surface area (Å²) in [7, 11) is 0. The van der Waals surface area contributed by atoms with Crippen LogP contribution >= 0.6 is 0 Å². The monoisotopic (exact) mass is 244 g/mol. The van der Waals surface area contributed by atoms with Gasteiger partial charge in [0.1, 0.15) is 11.5 Å². The number of fused-ring (bicyclic) bond motifs is 1. The molecule has 3 nitrogen and oxygen atoms in total. The summed E-state index contributed by atoms with van der Waals surface area (Å²) in [5.41, 5.74) is 2.86. The van der Waals surface area contributed by atoms with Crippen molar-refractivity contribution in [2.24, 2.45) is 0 Å². The van der Waals surface area contributed by atoms with E-state index in [9.17, 15) is 9.18 Å². The molecule has 4 heteroatoms. The number of benzene rings is 1. The molecule has 92 valence electrons. The highest BCUT2D eigenvalue weighted by Gasteiger charge is 2.23. The molecule has 0 saturated carbocycles. The van der Waals surface area contributed by atoms with Crippen LogP contribution in [0, 0.1) is 12.7 Å². The smallest absolute Gasteiger partial charge is 0.166 e. The van der Waals surface area contributed by atoms with Crippen molar-refractivity contribution in [2.75, 3.05) is 0 Å². The predicted octanol–water partition coefficient (Wildman–Crippen LogP) is 2.84. The van der Waals surface area contributed by atoms with Crippen LogP contribution in [0.2, 0.25) is 0 Å². The highest BCUT2D eigenvalue weighted by molar-refractivity contribution is 5.98. The van der Waals surface area contributed by atoms with Crippen LogP contribution in [0.15, 0.2) is 24.4 Å². The van der Waals surface area contributed by atoms with Crippen LogP contribution in [0.3, 0.4) is 0 Å². The number of hydrogen-bond donors (Lipinski definition) is 0. The van der Waals surface area contributed by atoms with Crippen LogP contribution in [0.1, 0.15) is 34.5 Å². The second kappa shape index (κ2) is 4.05. The number of halogens is 1. The van der Waals surface area contributed by atoms with E-state index in [1.165, 1.54) is 6.07 Å². The fraction of sp³-hybridized carbons (Fsp3) is 0.286. The maximum Gasteiger partial charge on any atom is 0.166 e. The Balaban J connectivity index is 2.18. The summed E-state index contributed by atoms with van der Waals surface area (Å²) in [6.07, 6.45) is 3.70. The molecule has 0 fully saturated rings. The molecular formula is C14H13FN2O. The van der Waals surface area contributed by atoms with Crippen molar-refractivity contribution < 1.29 is 9.18 Å². The van der Waals surface area contributed by atoms with Crippen molar-refractivity contribution in [2.45, 2.75) is 26.2 Å². The summed E-state index contributed by atoms with van der Waals surface area (Å²) in [6.45, 7) is 1.91. The molecule has 3 rings (SSSR count). The van der Waals surface area contributed by atoms with E-state index in [0.29, 0.717) is 17.7 Å². The minimum atomic E-state index is -0.315. The molecule has 0 bridgehead atoms. The normalized spacial score (nSPS) is 14.7. The number of hydrogen-bond acceptors (Lipinski definition) is 2. The number of rotatable bonds is 1. The Morgan fingerprint density at radius 2 is 2.17 bits per heavy atom. The molecule has 1 heterocycles. The molecule has 1 aromatic carbocycles. The van der Waals surface area contributed by atoms with E-state index in [1.54, 1.807) is 23.0 Å². The molecule has 0 unspecified atom stereocenters. The largest absolute Gasteiger partial charge is 0.294 e. The zero-order valence-corrected chi connectivity index (χ0v) is 10.1. The van der Waals surface area contributed by atoms with Gasteiger partial charge in [0.05, 0.1) is 17.5 Å². The van der Waals surface area contributed by atoms with Crippen molar-refractivity contribution >= 4 is 5.78 Å². The minimum absolute atomic E-state index is 0.107. The Labute approximate surface area is 104 Å². The van der Waals surface area contributed by atoms with Gasteiger partial charge in [-0.3, -0.25) is 4.79 Å². The summed E-state index contributed by atoms with van der Waals surface area (Å²) >= 11 is 0. The van der Waals surface area contributed by atoms with Crippen molar-refractivity contribution in [1.82, 2.24) is 9.78 Å². The lowest BCUT2D eigenvalue weighted by Gasteiger charge is -2.14. The van der Waals surface area contributed by atoms with Crippen LogP contribution in [-0.2, 0) is 6.42 Å². The third-order valence-corrected chi connectivity index (χ3v) is 3.32. The van der Waals surface area contributed by atoms with Gasteiger partial charge in [0.2, 0.25) is 0 Å². The van der Waals surface area contributed by atoms with Gasteiger partial charge in [-0.2, -0.15) is 5.10 Å². The number of carbonyl (C=O) groups excluding carboxylic acids is 1. The average Bonchev–Trinajstić information content (AvgIpc) is 2.77. The second-order valence-corrected chi connectivity index (χ2v) is 4.65. The molecule has 0 N–H and O–H groups in total. The lowest BCUT2D eigenvalue weighted by Crippen LogP contribution is -2.13. The fourth-order valence-electron chi connectivity index (χ4n) is 2.39. The predicted molar refractivity (Wildman–Crippen MR) is 65.5 cm³/mol. The van der Waals surface area contributed by atoms with Crippen LogP contribution in [0.25, 0.3) is 5.69 Å². The SMILES string of the molecule is Cc1ccc(F)c(-n2ncc3c2CCCC3=O)c1. The lowest BCUT2D eigenvalue weighted by atomic mass is 9.97. The molecule has 0 spiro atoms. The number of aryl methyl sites for hydroxylation is 1. The summed E-state index contributed by atoms with van der Waals surface area (Å²) in [6, 6.07) is 4.91. The highest BCUT2D eigenvalue weighted by Crippen LogP contribution is 2.25. The second-order valence-electron chi connectivity index (χ2n) is 4.65. The van der Waals surface area contributed by atoms with Crippen molar-refractivity contribution in [3.05, 3.63) is 47.0 Å². The zero-order valence-electron chi connectivity index (χ0n) is 10.1. The Bertz CT molecular complexity index is 631. The van der Waals surface area contributed by atoms with E-state index in [4.69, 9.17) is 0 Å². The minimum Gasteiger partial charge on any atom is -0.294 e. The number of nitrogens with zero attached hydrogens (tertiary/aromatic N) is 2. The fourth-order valence-corrected chi connectivity index (χ4v) is 2.39. The van der Waals surface area contributed by atoms with Crippen LogP contribution in [0.4, 0.5) is 4.39 Å². The van der Waals surface area contributed by atoms with Crippen molar-refractivity contribution in [3.63, 3.8) is 0 Å². The van der Waals surface area contributed by atoms with E-state index in [-0.39, 0.29) is 11.6 Å². The van der Waals surface area contributed by atoms with Crippen molar-refractivity contribution in [3.8, 4) is 5.69 Å². The topological polar surface area (TPSA) is 34.9 Å². The molecule has 1 aliphatic rings. The van der Waals surface area contributed by atoms with Gasteiger partial charge in [0, 0.05) is 6.42 Å². The Kier molecular flexibility index (Phi) is 2.51. The van der Waals surface area contributed by atoms with Gasteiger partial charge in [-0.05, 0) is 37.5 Å². The summed E-state index contributed by atoms with van der Waals surface area (Å²) in [4.78, 5) is 11.7. The van der Waals surface area contributed by atoms with Crippen molar-refractivity contribution in [1.29, 1.82) is 0 Å². The molecule has 18 heavy (non-hydrogen) atoms. The van der Waals surface area contributed by atoms with Gasteiger partial charge in [0.25, 0.3) is 0 Å². The van der Waals surface area contributed by atoms with E-state index in [1.807, 2.05) is 6.92 Å². The number of ketones is 1. The first-order valence-electron chi connectivity index (χ1n) is 6.03. The van der Waals surface area contributed by atoms with Crippen LogP contribution in [0.5, 0.6) is 0 Å². The van der Waals surface area contributed by atoms with Gasteiger partial charge in [-0.1, -0.05) is 6.07 Å². The number of carbonyl (C=O) groups is 1.